The minimum Gasteiger partial charge on any atom is -0.487 e. The molecule has 1 aromatic heterocycles. The van der Waals surface area contributed by atoms with Gasteiger partial charge < -0.3 is 10.1 Å². The summed E-state index contributed by atoms with van der Waals surface area (Å²) < 4.78 is 5.69. The number of pyridine rings is 1. The summed E-state index contributed by atoms with van der Waals surface area (Å²) in [5.74, 6) is 0.644. The van der Waals surface area contributed by atoms with Crippen molar-refractivity contribution in [2.24, 2.45) is 0 Å². The number of hydrogen-bond donors (Lipinski definition) is 1. The molecule has 0 spiro atoms. The molecule has 0 fully saturated rings. The molecule has 0 bridgehead atoms. The van der Waals surface area contributed by atoms with Crippen LogP contribution in [0, 0.1) is 0 Å². The summed E-state index contributed by atoms with van der Waals surface area (Å²) in [6, 6.07) is 23.1. The molecule has 1 amide bonds. The second-order valence-corrected chi connectivity index (χ2v) is 5.72. The maximum Gasteiger partial charge on any atom is 0.244 e. The molecule has 2 aromatic carbocycles. The first kappa shape index (κ1) is 17.4. The topological polar surface area (TPSA) is 51.2 Å². The summed E-state index contributed by atoms with van der Waals surface area (Å²) >= 11 is 0. The zero-order valence-electron chi connectivity index (χ0n) is 14.3. The largest absolute Gasteiger partial charge is 0.487 e. The molecule has 0 saturated carbocycles. The van der Waals surface area contributed by atoms with Gasteiger partial charge >= 0.3 is 0 Å². The van der Waals surface area contributed by atoms with Crippen LogP contribution in [0.1, 0.15) is 16.8 Å². The third-order valence-electron chi connectivity index (χ3n) is 3.73. The van der Waals surface area contributed by atoms with Gasteiger partial charge in [-0.3, -0.25) is 9.78 Å². The highest BCUT2D eigenvalue weighted by molar-refractivity contribution is 5.91. The molecule has 0 unspecified atom stereocenters. The average molecular weight is 344 g/mol. The van der Waals surface area contributed by atoms with Gasteiger partial charge in [0.15, 0.2) is 0 Å². The van der Waals surface area contributed by atoms with Gasteiger partial charge in [-0.05, 0) is 41.5 Å². The quantitative estimate of drug-likeness (QED) is 0.659. The molecule has 4 nitrogen and oxygen atoms in total. The van der Waals surface area contributed by atoms with Crippen LogP contribution in [0.25, 0.3) is 6.08 Å². The Morgan fingerprint density at radius 2 is 1.73 bits per heavy atom. The van der Waals surface area contributed by atoms with Crippen molar-refractivity contribution in [1.82, 2.24) is 10.3 Å². The number of carbonyl (C=O) groups is 1. The first-order chi connectivity index (χ1) is 12.8. The zero-order valence-corrected chi connectivity index (χ0v) is 14.3. The number of nitrogens with zero attached hydrogens (tertiary/aromatic N) is 1. The van der Waals surface area contributed by atoms with Gasteiger partial charge in [0.05, 0.1) is 5.69 Å². The molecular formula is C22H20N2O2. The fraction of sp³-hybridized carbons (Fsp3) is 0.0909. The summed E-state index contributed by atoms with van der Waals surface area (Å²) in [4.78, 5) is 16.1. The van der Waals surface area contributed by atoms with Crippen molar-refractivity contribution in [3.05, 3.63) is 102 Å². The van der Waals surface area contributed by atoms with E-state index in [9.17, 15) is 4.79 Å². The van der Waals surface area contributed by atoms with Crippen molar-refractivity contribution in [2.75, 3.05) is 0 Å². The molecule has 0 radical (unpaired) electrons. The number of carbonyl (C=O) groups excluding carboxylic acids is 1. The van der Waals surface area contributed by atoms with E-state index >= 15 is 0 Å². The molecular weight excluding hydrogens is 324 g/mol. The minimum absolute atomic E-state index is 0.121. The fourth-order valence-electron chi connectivity index (χ4n) is 2.33. The summed E-state index contributed by atoms with van der Waals surface area (Å²) in [5, 5.41) is 2.86. The van der Waals surface area contributed by atoms with Gasteiger partial charge in [0.2, 0.25) is 5.91 Å². The summed E-state index contributed by atoms with van der Waals surface area (Å²) in [6.45, 7) is 0.947. The van der Waals surface area contributed by atoms with Crippen LogP contribution in [-0.4, -0.2) is 10.9 Å². The maximum atomic E-state index is 11.9. The van der Waals surface area contributed by atoms with Crippen LogP contribution in [0.15, 0.2) is 85.1 Å². The summed E-state index contributed by atoms with van der Waals surface area (Å²) in [7, 11) is 0. The molecule has 0 aliphatic rings. The highest BCUT2D eigenvalue weighted by Gasteiger charge is 1.98. The van der Waals surface area contributed by atoms with Crippen LogP contribution < -0.4 is 10.1 Å². The molecule has 1 N–H and O–H groups in total. The highest BCUT2D eigenvalue weighted by atomic mass is 16.5. The van der Waals surface area contributed by atoms with Crippen molar-refractivity contribution >= 4 is 12.0 Å². The lowest BCUT2D eigenvalue weighted by molar-refractivity contribution is -0.116. The van der Waals surface area contributed by atoms with E-state index in [1.807, 2.05) is 72.8 Å². The van der Waals surface area contributed by atoms with Gasteiger partial charge in [0.1, 0.15) is 12.4 Å². The van der Waals surface area contributed by atoms with Crippen LogP contribution in [-0.2, 0) is 17.9 Å². The molecule has 3 rings (SSSR count). The number of nitrogens with one attached hydrogen (secondary N) is 1. The Morgan fingerprint density at radius 1 is 0.962 bits per heavy atom. The highest BCUT2D eigenvalue weighted by Crippen LogP contribution is 2.14. The van der Waals surface area contributed by atoms with E-state index in [-0.39, 0.29) is 5.91 Å². The van der Waals surface area contributed by atoms with Gasteiger partial charge in [-0.1, -0.05) is 48.5 Å². The van der Waals surface area contributed by atoms with Gasteiger partial charge in [-0.15, -0.1) is 0 Å². The summed E-state index contributed by atoms with van der Waals surface area (Å²) in [5.41, 5.74) is 2.89. The number of hydrogen-bond acceptors (Lipinski definition) is 3. The molecule has 1 heterocycles. The summed E-state index contributed by atoms with van der Waals surface area (Å²) in [6.07, 6.45) is 5.06. The molecule has 0 aliphatic carbocycles. The van der Waals surface area contributed by atoms with E-state index in [1.165, 1.54) is 6.08 Å². The Bertz CT molecular complexity index is 844. The van der Waals surface area contributed by atoms with E-state index < -0.39 is 0 Å². The van der Waals surface area contributed by atoms with Crippen LogP contribution in [0.2, 0.25) is 0 Å². The molecule has 3 aromatic rings. The van der Waals surface area contributed by atoms with Gasteiger partial charge in [-0.25, -0.2) is 0 Å². The Labute approximate surface area is 153 Å². The number of benzene rings is 2. The molecule has 26 heavy (non-hydrogen) atoms. The van der Waals surface area contributed by atoms with Crippen LogP contribution in [0.5, 0.6) is 5.75 Å². The van der Waals surface area contributed by atoms with Gasteiger partial charge in [-0.2, -0.15) is 0 Å². The smallest absolute Gasteiger partial charge is 0.244 e. The van der Waals surface area contributed by atoms with Crippen molar-refractivity contribution < 1.29 is 9.53 Å². The minimum atomic E-state index is -0.121. The SMILES string of the molecule is O=C(/C=C/c1ccc(OCc2ccccn2)cc1)NCc1ccccc1. The second kappa shape index (κ2) is 9.18. The predicted molar refractivity (Wildman–Crippen MR) is 102 cm³/mol. The first-order valence-corrected chi connectivity index (χ1v) is 8.42. The van der Waals surface area contributed by atoms with Crippen molar-refractivity contribution in [3.8, 4) is 5.75 Å². The monoisotopic (exact) mass is 344 g/mol. The zero-order chi connectivity index (χ0) is 18.0. The first-order valence-electron chi connectivity index (χ1n) is 8.42. The standard InChI is InChI=1S/C22H20N2O2/c25-22(24-16-19-6-2-1-3-7-19)14-11-18-9-12-21(13-10-18)26-17-20-8-4-5-15-23-20/h1-15H,16-17H2,(H,24,25)/b14-11+. The number of aromatic nitrogens is 1. The molecule has 0 aliphatic heterocycles. The van der Waals surface area contributed by atoms with E-state index in [1.54, 1.807) is 12.3 Å². The maximum absolute atomic E-state index is 11.9. The molecule has 130 valence electrons. The van der Waals surface area contributed by atoms with Crippen molar-refractivity contribution in [1.29, 1.82) is 0 Å². The van der Waals surface area contributed by atoms with E-state index in [0.717, 1.165) is 22.6 Å². The average Bonchev–Trinajstić information content (AvgIpc) is 2.71. The fourth-order valence-corrected chi connectivity index (χ4v) is 2.33. The third-order valence-corrected chi connectivity index (χ3v) is 3.73. The molecule has 0 saturated heterocycles. The third kappa shape index (κ3) is 5.60. The van der Waals surface area contributed by atoms with E-state index in [0.29, 0.717) is 13.2 Å². The van der Waals surface area contributed by atoms with Crippen LogP contribution in [0.3, 0.4) is 0 Å². The molecule has 4 heteroatoms. The van der Waals surface area contributed by atoms with E-state index in [2.05, 4.69) is 10.3 Å². The Balaban J connectivity index is 1.47. The Kier molecular flexibility index (Phi) is 6.15. The lowest BCUT2D eigenvalue weighted by Gasteiger charge is -2.05. The normalized spacial score (nSPS) is 10.6. The molecule has 0 atom stereocenters. The number of amides is 1. The van der Waals surface area contributed by atoms with E-state index in [4.69, 9.17) is 4.74 Å². The number of ether oxygens (including phenoxy) is 1. The van der Waals surface area contributed by atoms with Crippen LogP contribution >= 0.6 is 0 Å². The van der Waals surface area contributed by atoms with Gasteiger partial charge in [0, 0.05) is 18.8 Å². The Morgan fingerprint density at radius 3 is 2.46 bits per heavy atom. The van der Waals surface area contributed by atoms with Crippen molar-refractivity contribution in [3.63, 3.8) is 0 Å². The number of rotatable bonds is 7. The van der Waals surface area contributed by atoms with Gasteiger partial charge in [0.25, 0.3) is 0 Å². The lowest BCUT2D eigenvalue weighted by Crippen LogP contribution is -2.20. The van der Waals surface area contributed by atoms with Crippen molar-refractivity contribution in [2.45, 2.75) is 13.2 Å². The van der Waals surface area contributed by atoms with Crippen LogP contribution in [0.4, 0.5) is 0 Å². The predicted octanol–water partition coefficient (Wildman–Crippen LogP) is 3.99. The Hall–Kier alpha value is -3.40. The lowest BCUT2D eigenvalue weighted by atomic mass is 10.2. The second-order valence-electron chi connectivity index (χ2n) is 5.72.